The first-order valence-corrected chi connectivity index (χ1v) is 10.9. The molecule has 3 rings (SSSR count). The van der Waals surface area contributed by atoms with E-state index in [9.17, 15) is 14.7 Å². The number of benzene rings is 1. The number of amides is 1. The van der Waals surface area contributed by atoms with Gasteiger partial charge in [-0.2, -0.15) is 0 Å². The van der Waals surface area contributed by atoms with E-state index in [1.165, 1.54) is 31.3 Å². The number of ketones is 1. The molecule has 1 atom stereocenters. The average Bonchev–Trinajstić information content (AvgIpc) is 3.06. The summed E-state index contributed by atoms with van der Waals surface area (Å²) in [6.07, 6.45) is 3.75. The Labute approximate surface area is 197 Å². The lowest BCUT2D eigenvalue weighted by molar-refractivity contribution is -0.140. The first-order valence-electron chi connectivity index (χ1n) is 10.5. The number of pyridine rings is 1. The summed E-state index contributed by atoms with van der Waals surface area (Å²) in [6, 6.07) is 5.60. The standard InChI is InChI=1S/C24H27ClN2O6/c1-14(2)33-10-6-9-27-21(15-7-5-8-26-13-15)20(23(29)24(27)30)22(28)16-11-17(25)19(32-4)12-18(16)31-3/h5,7-8,11-14,21,28H,6,9-10H2,1-4H3/b22-20+. The number of rotatable bonds is 9. The molecule has 1 N–H and O–H groups in total. The van der Waals surface area contributed by atoms with Gasteiger partial charge in [-0.05, 0) is 38.0 Å². The number of aromatic nitrogens is 1. The van der Waals surface area contributed by atoms with E-state index < -0.39 is 17.7 Å². The van der Waals surface area contributed by atoms with Crippen molar-refractivity contribution in [3.05, 3.63) is 58.4 Å². The predicted octanol–water partition coefficient (Wildman–Crippen LogP) is 3.99. The number of carbonyl (C=O) groups is 2. The van der Waals surface area contributed by atoms with E-state index in [0.717, 1.165) is 0 Å². The summed E-state index contributed by atoms with van der Waals surface area (Å²) in [5.74, 6) is -1.28. The first kappa shape index (κ1) is 24.5. The van der Waals surface area contributed by atoms with Crippen LogP contribution in [0.15, 0.2) is 42.2 Å². The van der Waals surface area contributed by atoms with E-state index in [2.05, 4.69) is 4.98 Å². The second-order valence-corrected chi connectivity index (χ2v) is 8.15. The molecule has 1 amide bonds. The highest BCUT2D eigenvalue weighted by molar-refractivity contribution is 6.46. The third kappa shape index (κ3) is 5.12. The molecule has 0 spiro atoms. The number of nitrogens with zero attached hydrogens (tertiary/aromatic N) is 2. The maximum Gasteiger partial charge on any atom is 0.295 e. The lowest BCUT2D eigenvalue weighted by atomic mass is 9.96. The monoisotopic (exact) mass is 474 g/mol. The number of ether oxygens (including phenoxy) is 3. The highest BCUT2D eigenvalue weighted by atomic mass is 35.5. The second kappa shape index (κ2) is 10.7. The minimum absolute atomic E-state index is 0.0572. The zero-order chi connectivity index (χ0) is 24.1. The van der Waals surface area contributed by atoms with Gasteiger partial charge in [0, 0.05) is 31.6 Å². The third-order valence-electron chi connectivity index (χ3n) is 5.26. The summed E-state index contributed by atoms with van der Waals surface area (Å²) in [7, 11) is 2.88. The number of Topliss-reactive ketones (excluding diaryl/α,β-unsaturated/α-hetero) is 1. The minimum atomic E-state index is -0.816. The number of aliphatic hydroxyl groups excluding tert-OH is 1. The van der Waals surface area contributed by atoms with Gasteiger partial charge in [0.2, 0.25) is 0 Å². The summed E-state index contributed by atoms with van der Waals surface area (Å²) < 4.78 is 16.2. The van der Waals surface area contributed by atoms with Crippen LogP contribution in [-0.4, -0.2) is 60.2 Å². The van der Waals surface area contributed by atoms with E-state index in [1.807, 2.05) is 13.8 Å². The van der Waals surface area contributed by atoms with Crippen molar-refractivity contribution in [2.24, 2.45) is 0 Å². The molecule has 1 aromatic carbocycles. The number of halogens is 1. The van der Waals surface area contributed by atoms with E-state index in [1.54, 1.807) is 24.5 Å². The predicted molar refractivity (Wildman–Crippen MR) is 124 cm³/mol. The SMILES string of the molecule is COc1cc(OC)c(/C(O)=C2\C(=O)C(=O)N(CCCOC(C)C)C2c2cccnc2)cc1Cl. The Bertz CT molecular complexity index is 1050. The molecule has 1 saturated heterocycles. The summed E-state index contributed by atoms with van der Waals surface area (Å²) in [5.41, 5.74) is 0.720. The average molecular weight is 475 g/mol. The quantitative estimate of drug-likeness (QED) is 0.254. The molecule has 1 aliphatic heterocycles. The van der Waals surface area contributed by atoms with Crippen LogP contribution in [0.1, 0.15) is 37.4 Å². The van der Waals surface area contributed by atoms with Crippen molar-refractivity contribution >= 4 is 29.1 Å². The van der Waals surface area contributed by atoms with Crippen LogP contribution in [0.25, 0.3) is 5.76 Å². The number of carbonyl (C=O) groups excluding carboxylic acids is 2. The molecule has 1 aromatic heterocycles. The van der Waals surface area contributed by atoms with Crippen molar-refractivity contribution in [1.82, 2.24) is 9.88 Å². The highest BCUT2D eigenvalue weighted by Crippen LogP contribution is 2.42. The Balaban J connectivity index is 2.10. The fourth-order valence-electron chi connectivity index (χ4n) is 3.74. The van der Waals surface area contributed by atoms with Crippen LogP contribution in [0.4, 0.5) is 0 Å². The summed E-state index contributed by atoms with van der Waals surface area (Å²) in [4.78, 5) is 31.6. The molecular weight excluding hydrogens is 448 g/mol. The minimum Gasteiger partial charge on any atom is -0.507 e. The van der Waals surface area contributed by atoms with Crippen LogP contribution >= 0.6 is 11.6 Å². The first-order chi connectivity index (χ1) is 15.8. The Kier molecular flexibility index (Phi) is 7.94. The van der Waals surface area contributed by atoms with Crippen molar-refractivity contribution in [2.75, 3.05) is 27.4 Å². The third-order valence-corrected chi connectivity index (χ3v) is 5.56. The van der Waals surface area contributed by atoms with Gasteiger partial charge >= 0.3 is 0 Å². The van der Waals surface area contributed by atoms with Crippen molar-refractivity contribution < 1.29 is 28.9 Å². The molecule has 9 heteroatoms. The fraction of sp³-hybridized carbons (Fsp3) is 0.375. The van der Waals surface area contributed by atoms with Gasteiger partial charge in [-0.1, -0.05) is 17.7 Å². The molecule has 1 fully saturated rings. The Morgan fingerprint density at radius 2 is 1.94 bits per heavy atom. The molecule has 0 bridgehead atoms. The molecular formula is C24H27ClN2O6. The summed E-state index contributed by atoms with van der Waals surface area (Å²) >= 11 is 6.27. The molecule has 0 radical (unpaired) electrons. The zero-order valence-electron chi connectivity index (χ0n) is 19.0. The van der Waals surface area contributed by atoms with Crippen LogP contribution in [-0.2, 0) is 14.3 Å². The van der Waals surface area contributed by atoms with Crippen LogP contribution < -0.4 is 9.47 Å². The number of methoxy groups -OCH3 is 2. The topological polar surface area (TPSA) is 98.2 Å². The van der Waals surface area contributed by atoms with Gasteiger partial charge in [-0.15, -0.1) is 0 Å². The molecule has 0 aliphatic carbocycles. The normalized spacial score (nSPS) is 17.6. The highest BCUT2D eigenvalue weighted by Gasteiger charge is 2.46. The van der Waals surface area contributed by atoms with Crippen molar-refractivity contribution in [1.29, 1.82) is 0 Å². The number of likely N-dealkylation sites (tertiary alicyclic amines) is 1. The van der Waals surface area contributed by atoms with Crippen LogP contribution in [0, 0.1) is 0 Å². The van der Waals surface area contributed by atoms with Crippen molar-refractivity contribution in [3.8, 4) is 11.5 Å². The van der Waals surface area contributed by atoms with Gasteiger partial charge < -0.3 is 24.2 Å². The number of hydrogen-bond donors (Lipinski definition) is 1. The molecule has 1 unspecified atom stereocenters. The molecule has 1 aliphatic rings. The van der Waals surface area contributed by atoms with Crippen molar-refractivity contribution in [2.45, 2.75) is 32.4 Å². The maximum absolute atomic E-state index is 13.1. The second-order valence-electron chi connectivity index (χ2n) is 7.74. The van der Waals surface area contributed by atoms with E-state index in [-0.39, 0.29) is 40.3 Å². The van der Waals surface area contributed by atoms with Gasteiger partial charge in [0.15, 0.2) is 0 Å². The van der Waals surface area contributed by atoms with E-state index >= 15 is 0 Å². The molecule has 8 nitrogen and oxygen atoms in total. The molecule has 176 valence electrons. The van der Waals surface area contributed by atoms with Crippen LogP contribution in [0.2, 0.25) is 5.02 Å². The van der Waals surface area contributed by atoms with Gasteiger partial charge in [0.1, 0.15) is 17.3 Å². The maximum atomic E-state index is 13.1. The molecule has 2 aromatic rings. The van der Waals surface area contributed by atoms with Crippen LogP contribution in [0.5, 0.6) is 11.5 Å². The smallest absolute Gasteiger partial charge is 0.295 e. The lowest BCUT2D eigenvalue weighted by Gasteiger charge is -2.25. The van der Waals surface area contributed by atoms with Gasteiger partial charge in [0.05, 0.1) is 42.5 Å². The van der Waals surface area contributed by atoms with E-state index in [0.29, 0.717) is 24.3 Å². The Morgan fingerprint density at radius 3 is 2.55 bits per heavy atom. The molecule has 33 heavy (non-hydrogen) atoms. The van der Waals surface area contributed by atoms with Gasteiger partial charge in [0.25, 0.3) is 11.7 Å². The zero-order valence-corrected chi connectivity index (χ0v) is 19.8. The molecule has 2 heterocycles. The Morgan fingerprint density at radius 1 is 1.21 bits per heavy atom. The van der Waals surface area contributed by atoms with Gasteiger partial charge in [-0.25, -0.2) is 0 Å². The van der Waals surface area contributed by atoms with Gasteiger partial charge in [-0.3, -0.25) is 14.6 Å². The molecule has 0 saturated carbocycles. The summed E-state index contributed by atoms with van der Waals surface area (Å²) in [6.45, 7) is 4.56. The Hall–Kier alpha value is -3.10. The number of hydrogen-bond acceptors (Lipinski definition) is 7. The van der Waals surface area contributed by atoms with Crippen LogP contribution in [0.3, 0.4) is 0 Å². The van der Waals surface area contributed by atoms with Crippen molar-refractivity contribution in [3.63, 3.8) is 0 Å². The number of aliphatic hydroxyl groups is 1. The fourth-order valence-corrected chi connectivity index (χ4v) is 3.98. The summed E-state index contributed by atoms with van der Waals surface area (Å²) in [5, 5.41) is 11.5. The lowest BCUT2D eigenvalue weighted by Crippen LogP contribution is -2.31. The largest absolute Gasteiger partial charge is 0.507 e. The van der Waals surface area contributed by atoms with E-state index in [4.69, 9.17) is 25.8 Å².